The van der Waals surface area contributed by atoms with E-state index in [1.807, 2.05) is 37.3 Å². The van der Waals surface area contributed by atoms with Gasteiger partial charge in [-0.15, -0.1) is 0 Å². The summed E-state index contributed by atoms with van der Waals surface area (Å²) in [7, 11) is 0. The van der Waals surface area contributed by atoms with Crippen LogP contribution in [0.1, 0.15) is 25.0 Å². The monoisotopic (exact) mass is 205 g/mol. The van der Waals surface area contributed by atoms with Crippen molar-refractivity contribution in [1.29, 1.82) is 0 Å². The van der Waals surface area contributed by atoms with Gasteiger partial charge in [-0.05, 0) is 5.56 Å². The van der Waals surface area contributed by atoms with Crippen molar-refractivity contribution in [1.82, 2.24) is 0 Å². The highest BCUT2D eigenvalue weighted by atomic mass is 16.5. The molecule has 1 aromatic rings. The van der Waals surface area contributed by atoms with E-state index in [2.05, 4.69) is 4.99 Å². The van der Waals surface area contributed by atoms with E-state index in [-0.39, 0.29) is 18.8 Å². The third-order valence-electron chi connectivity index (χ3n) is 2.54. The van der Waals surface area contributed by atoms with Crippen LogP contribution in [-0.4, -0.2) is 23.7 Å². The summed E-state index contributed by atoms with van der Waals surface area (Å²) in [6.07, 6.45) is 0.658. The van der Waals surface area contributed by atoms with Gasteiger partial charge in [0.05, 0.1) is 6.61 Å². The van der Waals surface area contributed by atoms with Gasteiger partial charge in [-0.2, -0.15) is 0 Å². The van der Waals surface area contributed by atoms with Crippen molar-refractivity contribution in [3.05, 3.63) is 35.9 Å². The summed E-state index contributed by atoms with van der Waals surface area (Å²) in [5.41, 5.74) is 1.07. The van der Waals surface area contributed by atoms with Gasteiger partial charge in [0.1, 0.15) is 12.1 Å². The van der Waals surface area contributed by atoms with Gasteiger partial charge >= 0.3 is 0 Å². The number of rotatable bonds is 3. The summed E-state index contributed by atoms with van der Waals surface area (Å²) in [6, 6.07) is 9.76. The Morgan fingerprint density at radius 3 is 2.67 bits per heavy atom. The van der Waals surface area contributed by atoms with E-state index in [1.54, 1.807) is 0 Å². The second-order valence-corrected chi connectivity index (χ2v) is 3.58. The van der Waals surface area contributed by atoms with Gasteiger partial charge in [-0.3, -0.25) is 0 Å². The van der Waals surface area contributed by atoms with E-state index in [1.165, 1.54) is 0 Å². The molecule has 0 aromatic heterocycles. The van der Waals surface area contributed by atoms with Gasteiger partial charge in [-0.1, -0.05) is 37.3 Å². The van der Waals surface area contributed by atoms with E-state index < -0.39 is 0 Å². The Morgan fingerprint density at radius 1 is 1.33 bits per heavy atom. The topological polar surface area (TPSA) is 41.8 Å². The Morgan fingerprint density at radius 2 is 2.07 bits per heavy atom. The Bertz CT molecular complexity index is 348. The highest BCUT2D eigenvalue weighted by Gasteiger charge is 2.30. The molecule has 2 rings (SSSR count). The van der Waals surface area contributed by atoms with E-state index in [0.29, 0.717) is 0 Å². The lowest BCUT2D eigenvalue weighted by molar-refractivity contribution is 0.149. The Kier molecular flexibility index (Phi) is 3.02. The van der Waals surface area contributed by atoms with Gasteiger partial charge in [0.15, 0.2) is 5.90 Å². The van der Waals surface area contributed by atoms with Crippen LogP contribution < -0.4 is 0 Å². The molecule has 1 N–H and O–H groups in total. The summed E-state index contributed by atoms with van der Waals surface area (Å²) >= 11 is 0. The lowest BCUT2D eigenvalue weighted by Crippen LogP contribution is -2.17. The van der Waals surface area contributed by atoms with Gasteiger partial charge in [-0.25, -0.2) is 4.99 Å². The molecule has 0 bridgehead atoms. The van der Waals surface area contributed by atoms with Crippen molar-refractivity contribution in [2.24, 2.45) is 4.99 Å². The van der Waals surface area contributed by atoms with Crippen molar-refractivity contribution in [2.75, 3.05) is 6.61 Å². The average Bonchev–Trinajstić information content (AvgIpc) is 2.73. The predicted molar refractivity (Wildman–Crippen MR) is 58.9 cm³/mol. The third kappa shape index (κ3) is 2.02. The van der Waals surface area contributed by atoms with Gasteiger partial charge < -0.3 is 9.84 Å². The van der Waals surface area contributed by atoms with Crippen LogP contribution >= 0.6 is 0 Å². The van der Waals surface area contributed by atoms with Crippen LogP contribution in [0.4, 0.5) is 0 Å². The van der Waals surface area contributed by atoms with E-state index >= 15 is 0 Å². The molecule has 1 aliphatic rings. The molecule has 2 atom stereocenters. The number of aliphatic imine (C=N–C) groups is 1. The Labute approximate surface area is 89.4 Å². The molecule has 1 aromatic carbocycles. The van der Waals surface area contributed by atoms with E-state index in [4.69, 9.17) is 4.74 Å². The minimum absolute atomic E-state index is 0.0308. The number of aliphatic hydroxyl groups is 1. The molecular formula is C12H15NO2. The number of ether oxygens (including phenoxy) is 1. The molecule has 3 heteroatoms. The van der Waals surface area contributed by atoms with Crippen molar-refractivity contribution in [3.63, 3.8) is 0 Å². The lowest BCUT2D eigenvalue weighted by atomic mass is 10.0. The second kappa shape index (κ2) is 4.45. The quantitative estimate of drug-likeness (QED) is 0.819. The van der Waals surface area contributed by atoms with Crippen LogP contribution in [0.25, 0.3) is 0 Å². The molecular weight excluding hydrogens is 190 g/mol. The molecule has 0 radical (unpaired) electrons. The van der Waals surface area contributed by atoms with Crippen molar-refractivity contribution in [2.45, 2.75) is 25.5 Å². The zero-order valence-corrected chi connectivity index (χ0v) is 8.76. The number of benzene rings is 1. The number of aliphatic hydroxyl groups excluding tert-OH is 1. The zero-order chi connectivity index (χ0) is 10.7. The molecule has 0 spiro atoms. The highest BCUT2D eigenvalue weighted by Crippen LogP contribution is 2.29. The minimum atomic E-state index is -0.151. The first-order chi connectivity index (χ1) is 7.35. The maximum Gasteiger partial charge on any atom is 0.184 e. The first-order valence-corrected chi connectivity index (χ1v) is 5.24. The standard InChI is InChI=1S/C12H15NO2/c1-2-11-13-10(8-14)12(15-11)9-6-4-3-5-7-9/h3-7,10,12,14H,2,8H2,1H3/t10-,12+/m1/s1. The molecule has 0 saturated carbocycles. The minimum Gasteiger partial charge on any atom is -0.471 e. The van der Waals surface area contributed by atoms with Crippen LogP contribution in [0, 0.1) is 0 Å². The Balaban J connectivity index is 2.19. The van der Waals surface area contributed by atoms with Gasteiger partial charge in [0.2, 0.25) is 0 Å². The van der Waals surface area contributed by atoms with Crippen molar-refractivity contribution >= 4 is 5.90 Å². The number of hydrogen-bond acceptors (Lipinski definition) is 3. The molecule has 15 heavy (non-hydrogen) atoms. The van der Waals surface area contributed by atoms with E-state index in [9.17, 15) is 5.11 Å². The highest BCUT2D eigenvalue weighted by molar-refractivity contribution is 5.78. The van der Waals surface area contributed by atoms with E-state index in [0.717, 1.165) is 17.9 Å². The Hall–Kier alpha value is -1.35. The molecule has 0 aliphatic carbocycles. The van der Waals surface area contributed by atoms with Crippen molar-refractivity contribution < 1.29 is 9.84 Å². The molecule has 1 aliphatic heterocycles. The summed E-state index contributed by atoms with van der Waals surface area (Å²) in [5, 5.41) is 9.22. The summed E-state index contributed by atoms with van der Waals surface area (Å²) in [6.45, 7) is 2.03. The molecule has 0 amide bonds. The van der Waals surface area contributed by atoms with Crippen LogP contribution in [0.2, 0.25) is 0 Å². The molecule has 0 fully saturated rings. The second-order valence-electron chi connectivity index (χ2n) is 3.58. The van der Waals surface area contributed by atoms with Crippen molar-refractivity contribution in [3.8, 4) is 0 Å². The maximum atomic E-state index is 9.22. The molecule has 3 nitrogen and oxygen atoms in total. The number of hydrogen-bond donors (Lipinski definition) is 1. The zero-order valence-electron chi connectivity index (χ0n) is 8.76. The molecule has 0 saturated heterocycles. The summed E-state index contributed by atoms with van der Waals surface area (Å²) in [4.78, 5) is 4.33. The SMILES string of the molecule is CCC1=N[C@H](CO)[C@H](c2ccccc2)O1. The first-order valence-electron chi connectivity index (χ1n) is 5.24. The lowest BCUT2D eigenvalue weighted by Gasteiger charge is -2.15. The van der Waals surface area contributed by atoms with Crippen LogP contribution in [0.3, 0.4) is 0 Å². The third-order valence-corrected chi connectivity index (χ3v) is 2.54. The maximum absolute atomic E-state index is 9.22. The summed E-state index contributed by atoms with van der Waals surface area (Å²) < 4.78 is 5.69. The first kappa shape index (κ1) is 10.2. The normalized spacial score (nSPS) is 24.8. The van der Waals surface area contributed by atoms with Crippen LogP contribution in [0.15, 0.2) is 35.3 Å². The summed E-state index contributed by atoms with van der Waals surface area (Å²) in [5.74, 6) is 0.739. The van der Waals surface area contributed by atoms with Crippen LogP contribution in [-0.2, 0) is 4.74 Å². The number of nitrogens with zero attached hydrogens (tertiary/aromatic N) is 1. The van der Waals surface area contributed by atoms with Gasteiger partial charge in [0.25, 0.3) is 0 Å². The fourth-order valence-corrected chi connectivity index (χ4v) is 1.75. The van der Waals surface area contributed by atoms with Crippen LogP contribution in [0.5, 0.6) is 0 Å². The molecule has 80 valence electrons. The average molecular weight is 205 g/mol. The largest absolute Gasteiger partial charge is 0.471 e. The smallest absolute Gasteiger partial charge is 0.184 e. The molecule has 0 unspecified atom stereocenters. The fourth-order valence-electron chi connectivity index (χ4n) is 1.75. The predicted octanol–water partition coefficient (Wildman–Crippen LogP) is 1.93. The fraction of sp³-hybridized carbons (Fsp3) is 0.417. The molecule has 1 heterocycles. The van der Waals surface area contributed by atoms with Gasteiger partial charge in [0, 0.05) is 6.42 Å².